The van der Waals surface area contributed by atoms with Crippen LogP contribution >= 0.6 is 0 Å². The zero-order chi connectivity index (χ0) is 12.1. The molecule has 1 N–H and O–H groups in total. The van der Waals surface area contributed by atoms with Crippen molar-refractivity contribution in [1.82, 2.24) is 20.1 Å². The lowest BCUT2D eigenvalue weighted by molar-refractivity contribution is 0.622. The van der Waals surface area contributed by atoms with E-state index >= 15 is 0 Å². The van der Waals surface area contributed by atoms with Crippen molar-refractivity contribution in [3.05, 3.63) is 47.5 Å². The number of hydrogen-bond donors (Lipinski definition) is 1. The predicted octanol–water partition coefficient (Wildman–Crippen LogP) is 1.67. The molecule has 4 nitrogen and oxygen atoms in total. The molecular formula is C13H18N4. The molecule has 0 aromatic carbocycles. The third-order valence-corrected chi connectivity index (χ3v) is 2.75. The van der Waals surface area contributed by atoms with Gasteiger partial charge in [0.05, 0.1) is 11.4 Å². The molecule has 0 aliphatic carbocycles. The first-order valence-electron chi connectivity index (χ1n) is 5.91. The topological polar surface area (TPSA) is 42.7 Å². The summed E-state index contributed by atoms with van der Waals surface area (Å²) in [7, 11) is 1.99. The summed E-state index contributed by atoms with van der Waals surface area (Å²) >= 11 is 0. The van der Waals surface area contributed by atoms with Crippen molar-refractivity contribution in [1.29, 1.82) is 0 Å². The van der Waals surface area contributed by atoms with Gasteiger partial charge in [0.25, 0.3) is 0 Å². The van der Waals surface area contributed by atoms with Gasteiger partial charge in [-0.25, -0.2) is 0 Å². The number of pyridine rings is 1. The lowest BCUT2D eigenvalue weighted by atomic mass is 10.2. The van der Waals surface area contributed by atoms with Gasteiger partial charge in [-0.05, 0) is 24.1 Å². The third-order valence-electron chi connectivity index (χ3n) is 2.75. The Morgan fingerprint density at radius 3 is 2.88 bits per heavy atom. The average molecular weight is 230 g/mol. The Morgan fingerprint density at radius 2 is 2.24 bits per heavy atom. The van der Waals surface area contributed by atoms with E-state index in [0.29, 0.717) is 0 Å². The zero-order valence-corrected chi connectivity index (χ0v) is 10.3. The van der Waals surface area contributed by atoms with Crippen molar-refractivity contribution in [3.8, 4) is 0 Å². The molecule has 2 aromatic rings. The predicted molar refractivity (Wildman–Crippen MR) is 67.4 cm³/mol. The van der Waals surface area contributed by atoms with Gasteiger partial charge in [-0.1, -0.05) is 13.0 Å². The lowest BCUT2D eigenvalue weighted by Gasteiger charge is -2.04. The average Bonchev–Trinajstić information content (AvgIpc) is 2.72. The molecule has 4 heteroatoms. The van der Waals surface area contributed by atoms with E-state index in [-0.39, 0.29) is 0 Å². The smallest absolute Gasteiger partial charge is 0.0625 e. The maximum absolute atomic E-state index is 4.42. The Labute approximate surface area is 102 Å². The molecule has 17 heavy (non-hydrogen) atoms. The molecule has 0 aliphatic rings. The van der Waals surface area contributed by atoms with Gasteiger partial charge < -0.3 is 5.32 Å². The van der Waals surface area contributed by atoms with Gasteiger partial charge in [-0.15, -0.1) is 0 Å². The normalized spacial score (nSPS) is 10.7. The summed E-state index contributed by atoms with van der Waals surface area (Å²) < 4.78 is 1.94. The molecule has 0 bridgehead atoms. The molecule has 2 heterocycles. The highest BCUT2D eigenvalue weighted by Crippen LogP contribution is 2.04. The van der Waals surface area contributed by atoms with Crippen molar-refractivity contribution in [2.75, 3.05) is 0 Å². The van der Waals surface area contributed by atoms with Crippen LogP contribution in [0, 0.1) is 0 Å². The number of rotatable bonds is 5. The molecule has 0 fully saturated rings. The summed E-state index contributed by atoms with van der Waals surface area (Å²) in [6.45, 7) is 3.79. The van der Waals surface area contributed by atoms with Gasteiger partial charge in [0.15, 0.2) is 0 Å². The maximum Gasteiger partial charge on any atom is 0.0625 e. The Balaban J connectivity index is 1.88. The second-order valence-corrected chi connectivity index (χ2v) is 4.07. The monoisotopic (exact) mass is 230 g/mol. The van der Waals surface area contributed by atoms with Crippen LogP contribution < -0.4 is 5.32 Å². The fourth-order valence-electron chi connectivity index (χ4n) is 1.75. The summed E-state index contributed by atoms with van der Waals surface area (Å²) in [4.78, 5) is 4.09. The first-order valence-corrected chi connectivity index (χ1v) is 5.91. The SMILES string of the molecule is CCc1cc(CNCc2cccnc2)n(C)n1. The Morgan fingerprint density at radius 1 is 1.35 bits per heavy atom. The van der Waals surface area contributed by atoms with Crippen LogP contribution in [-0.2, 0) is 26.6 Å². The first kappa shape index (κ1) is 11.8. The number of aryl methyl sites for hydroxylation is 2. The summed E-state index contributed by atoms with van der Waals surface area (Å²) in [6.07, 6.45) is 4.66. The fraction of sp³-hybridized carbons (Fsp3) is 0.385. The largest absolute Gasteiger partial charge is 0.307 e. The number of hydrogen-bond acceptors (Lipinski definition) is 3. The second-order valence-electron chi connectivity index (χ2n) is 4.07. The van der Waals surface area contributed by atoms with Crippen LogP contribution in [-0.4, -0.2) is 14.8 Å². The minimum Gasteiger partial charge on any atom is -0.307 e. The quantitative estimate of drug-likeness (QED) is 0.849. The van der Waals surface area contributed by atoms with Gasteiger partial charge in [0.2, 0.25) is 0 Å². The molecule has 0 saturated heterocycles. The fourth-order valence-corrected chi connectivity index (χ4v) is 1.75. The molecule has 0 radical (unpaired) electrons. The van der Waals surface area contributed by atoms with Gasteiger partial charge in [0.1, 0.15) is 0 Å². The van der Waals surface area contributed by atoms with Crippen LogP contribution in [0.5, 0.6) is 0 Å². The van der Waals surface area contributed by atoms with Gasteiger partial charge in [-0.3, -0.25) is 9.67 Å². The van der Waals surface area contributed by atoms with Crippen LogP contribution in [0.25, 0.3) is 0 Å². The summed E-state index contributed by atoms with van der Waals surface area (Å²) in [5.74, 6) is 0. The van der Waals surface area contributed by atoms with Crippen molar-refractivity contribution in [3.63, 3.8) is 0 Å². The Hall–Kier alpha value is -1.68. The molecular weight excluding hydrogens is 212 g/mol. The van der Waals surface area contributed by atoms with Crippen molar-refractivity contribution in [2.24, 2.45) is 7.05 Å². The standard InChI is InChI=1S/C13H18N4/c1-3-12-7-13(17(2)16-12)10-15-9-11-5-4-6-14-8-11/h4-8,15H,3,9-10H2,1-2H3. The van der Waals surface area contributed by atoms with Gasteiger partial charge >= 0.3 is 0 Å². The van der Waals surface area contributed by atoms with Crippen LogP contribution in [0.2, 0.25) is 0 Å². The van der Waals surface area contributed by atoms with Crippen molar-refractivity contribution in [2.45, 2.75) is 26.4 Å². The second kappa shape index (κ2) is 5.59. The van der Waals surface area contributed by atoms with Crippen LogP contribution in [0.4, 0.5) is 0 Å². The molecule has 2 aromatic heterocycles. The minimum atomic E-state index is 0.832. The van der Waals surface area contributed by atoms with Gasteiger partial charge in [0, 0.05) is 32.5 Å². The highest BCUT2D eigenvalue weighted by atomic mass is 15.3. The molecule has 0 unspecified atom stereocenters. The molecule has 2 rings (SSSR count). The van der Waals surface area contributed by atoms with E-state index in [1.807, 2.05) is 24.0 Å². The number of nitrogens with zero attached hydrogens (tertiary/aromatic N) is 3. The van der Waals surface area contributed by atoms with Crippen LogP contribution in [0.1, 0.15) is 23.9 Å². The molecule has 0 aliphatic heterocycles. The highest BCUT2D eigenvalue weighted by molar-refractivity contribution is 5.11. The minimum absolute atomic E-state index is 0.832. The van der Waals surface area contributed by atoms with E-state index in [0.717, 1.165) is 25.2 Å². The Kier molecular flexibility index (Phi) is 3.88. The van der Waals surface area contributed by atoms with Gasteiger partial charge in [-0.2, -0.15) is 5.10 Å². The lowest BCUT2D eigenvalue weighted by Crippen LogP contribution is -2.15. The zero-order valence-electron chi connectivity index (χ0n) is 10.3. The van der Waals surface area contributed by atoms with Crippen molar-refractivity contribution >= 4 is 0 Å². The molecule has 0 amide bonds. The summed E-state index contributed by atoms with van der Waals surface area (Å²) in [6, 6.07) is 6.17. The number of aromatic nitrogens is 3. The molecule has 0 saturated carbocycles. The molecule has 0 spiro atoms. The molecule has 0 atom stereocenters. The van der Waals surface area contributed by atoms with Crippen LogP contribution in [0.3, 0.4) is 0 Å². The van der Waals surface area contributed by atoms with Crippen LogP contribution in [0.15, 0.2) is 30.6 Å². The van der Waals surface area contributed by atoms with E-state index in [2.05, 4.69) is 34.5 Å². The maximum atomic E-state index is 4.42. The van der Waals surface area contributed by atoms with Crippen molar-refractivity contribution < 1.29 is 0 Å². The molecule has 90 valence electrons. The highest BCUT2D eigenvalue weighted by Gasteiger charge is 2.02. The number of nitrogens with one attached hydrogen (secondary N) is 1. The third kappa shape index (κ3) is 3.14. The summed E-state index contributed by atoms with van der Waals surface area (Å²) in [5.41, 5.74) is 3.56. The van der Waals surface area contributed by atoms with E-state index in [4.69, 9.17) is 0 Å². The van der Waals surface area contributed by atoms with E-state index in [1.54, 1.807) is 6.20 Å². The Bertz CT molecular complexity index is 462. The first-order chi connectivity index (χ1) is 8.29. The summed E-state index contributed by atoms with van der Waals surface area (Å²) in [5, 5.41) is 7.81. The van der Waals surface area contributed by atoms with E-state index in [9.17, 15) is 0 Å². The van der Waals surface area contributed by atoms with E-state index < -0.39 is 0 Å². The van der Waals surface area contributed by atoms with E-state index in [1.165, 1.54) is 11.3 Å².